The monoisotopic (exact) mass is 264 g/mol. The van der Waals surface area contributed by atoms with E-state index in [0.717, 1.165) is 18.4 Å². The highest BCUT2D eigenvalue weighted by molar-refractivity contribution is 6.39. The molecule has 0 unspecified atom stereocenters. The molecule has 1 aliphatic carbocycles. The lowest BCUT2D eigenvalue weighted by Gasteiger charge is -2.25. The summed E-state index contributed by atoms with van der Waals surface area (Å²) in [6.45, 7) is 2.30. The Morgan fingerprint density at radius 2 is 2.05 bits per heavy atom. The molecule has 0 atom stereocenters. The first kappa shape index (κ1) is 13.5. The molecule has 0 aliphatic heterocycles. The van der Waals surface area contributed by atoms with Gasteiger partial charge in [-0.25, -0.2) is 4.39 Å². The zero-order chi connectivity index (χ0) is 13.8. The first-order valence-corrected chi connectivity index (χ1v) is 6.41. The van der Waals surface area contributed by atoms with Crippen LogP contribution >= 0.6 is 0 Å². The van der Waals surface area contributed by atoms with Gasteiger partial charge in [-0.05, 0) is 43.4 Å². The molecule has 19 heavy (non-hydrogen) atoms. The Hall–Kier alpha value is -1.91. The number of nitrogens with one attached hydrogen (secondary N) is 2. The number of carbonyl (C=O) groups is 2. The molecule has 0 heterocycles. The summed E-state index contributed by atoms with van der Waals surface area (Å²) in [6.07, 6.45) is 3.37. The second kappa shape index (κ2) is 5.82. The van der Waals surface area contributed by atoms with Gasteiger partial charge in [0, 0.05) is 6.54 Å². The normalized spacial score (nSPS) is 14.6. The number of anilines is 1. The molecular weight excluding hydrogens is 247 g/mol. The SMILES string of the molecule is Cc1ccc(F)c(NC(=O)C(=O)NCC2CCC2)c1. The average molecular weight is 264 g/mol. The molecule has 1 aromatic rings. The van der Waals surface area contributed by atoms with Crippen molar-refractivity contribution in [2.45, 2.75) is 26.2 Å². The molecule has 2 amide bonds. The van der Waals surface area contributed by atoms with Crippen LogP contribution in [-0.4, -0.2) is 18.4 Å². The van der Waals surface area contributed by atoms with Crippen molar-refractivity contribution in [1.82, 2.24) is 5.32 Å². The first-order chi connectivity index (χ1) is 9.06. The molecule has 1 saturated carbocycles. The van der Waals surface area contributed by atoms with Crippen molar-refractivity contribution in [3.63, 3.8) is 0 Å². The molecule has 0 saturated heterocycles. The molecule has 1 aliphatic rings. The highest BCUT2D eigenvalue weighted by atomic mass is 19.1. The number of amides is 2. The van der Waals surface area contributed by atoms with Gasteiger partial charge in [0.2, 0.25) is 0 Å². The minimum Gasteiger partial charge on any atom is -0.348 e. The lowest BCUT2D eigenvalue weighted by molar-refractivity contribution is -0.136. The Labute approximate surface area is 111 Å². The standard InChI is InChI=1S/C14H17FN2O2/c1-9-5-6-11(15)12(7-9)17-14(19)13(18)16-8-10-3-2-4-10/h5-7,10H,2-4,8H2,1H3,(H,16,18)(H,17,19). The van der Waals surface area contributed by atoms with Gasteiger partial charge in [-0.1, -0.05) is 12.5 Å². The van der Waals surface area contributed by atoms with Gasteiger partial charge >= 0.3 is 11.8 Å². The van der Waals surface area contributed by atoms with Crippen molar-refractivity contribution in [2.24, 2.45) is 5.92 Å². The van der Waals surface area contributed by atoms with Crippen LogP contribution in [0, 0.1) is 18.7 Å². The molecule has 0 radical (unpaired) electrons. The number of rotatable bonds is 3. The highest BCUT2D eigenvalue weighted by Gasteiger charge is 2.20. The molecule has 4 nitrogen and oxygen atoms in total. The smallest absolute Gasteiger partial charge is 0.313 e. The predicted octanol–water partition coefficient (Wildman–Crippen LogP) is 1.99. The summed E-state index contributed by atoms with van der Waals surface area (Å²) in [6, 6.07) is 4.35. The summed E-state index contributed by atoms with van der Waals surface area (Å²) in [5.74, 6) is -1.62. The molecule has 0 spiro atoms. The fourth-order valence-corrected chi connectivity index (χ4v) is 1.93. The summed E-state index contributed by atoms with van der Waals surface area (Å²) < 4.78 is 13.4. The van der Waals surface area contributed by atoms with Crippen LogP contribution in [0.5, 0.6) is 0 Å². The number of hydrogen-bond acceptors (Lipinski definition) is 2. The van der Waals surface area contributed by atoms with Crippen molar-refractivity contribution in [2.75, 3.05) is 11.9 Å². The summed E-state index contributed by atoms with van der Waals surface area (Å²) in [5.41, 5.74) is 0.843. The van der Waals surface area contributed by atoms with E-state index in [1.165, 1.54) is 18.6 Å². The molecule has 102 valence electrons. The van der Waals surface area contributed by atoms with Gasteiger partial charge in [-0.15, -0.1) is 0 Å². The lowest BCUT2D eigenvalue weighted by Crippen LogP contribution is -2.39. The van der Waals surface area contributed by atoms with Gasteiger partial charge in [-0.2, -0.15) is 0 Å². The van der Waals surface area contributed by atoms with Gasteiger partial charge in [-0.3, -0.25) is 9.59 Å². The fraction of sp³-hybridized carbons (Fsp3) is 0.429. The summed E-state index contributed by atoms with van der Waals surface area (Å²) in [4.78, 5) is 23.1. The number of benzene rings is 1. The van der Waals surface area contributed by atoms with E-state index in [1.807, 2.05) is 0 Å². The van der Waals surface area contributed by atoms with Crippen molar-refractivity contribution in [3.05, 3.63) is 29.6 Å². The molecule has 1 aromatic carbocycles. The van der Waals surface area contributed by atoms with Gasteiger partial charge in [0.25, 0.3) is 0 Å². The van der Waals surface area contributed by atoms with E-state index in [9.17, 15) is 14.0 Å². The van der Waals surface area contributed by atoms with Gasteiger partial charge < -0.3 is 10.6 Å². The first-order valence-electron chi connectivity index (χ1n) is 6.41. The number of carbonyl (C=O) groups excluding carboxylic acids is 2. The number of aryl methyl sites for hydroxylation is 1. The highest BCUT2D eigenvalue weighted by Crippen LogP contribution is 2.25. The third kappa shape index (κ3) is 3.53. The zero-order valence-electron chi connectivity index (χ0n) is 10.8. The largest absolute Gasteiger partial charge is 0.348 e. The Bertz CT molecular complexity index is 498. The van der Waals surface area contributed by atoms with E-state index in [1.54, 1.807) is 13.0 Å². The van der Waals surface area contributed by atoms with Crippen molar-refractivity contribution in [3.8, 4) is 0 Å². The van der Waals surface area contributed by atoms with Crippen LogP contribution in [0.1, 0.15) is 24.8 Å². The zero-order valence-corrected chi connectivity index (χ0v) is 10.8. The van der Waals surface area contributed by atoms with Gasteiger partial charge in [0.15, 0.2) is 0 Å². The van der Waals surface area contributed by atoms with E-state index in [0.29, 0.717) is 12.5 Å². The predicted molar refractivity (Wildman–Crippen MR) is 70.1 cm³/mol. The van der Waals surface area contributed by atoms with Crippen LogP contribution in [0.25, 0.3) is 0 Å². The Balaban J connectivity index is 1.88. The lowest BCUT2D eigenvalue weighted by atomic mass is 9.85. The molecule has 5 heteroatoms. The van der Waals surface area contributed by atoms with E-state index in [-0.39, 0.29) is 5.69 Å². The molecule has 1 fully saturated rings. The third-order valence-electron chi connectivity index (χ3n) is 3.35. The second-order valence-corrected chi connectivity index (χ2v) is 4.94. The van der Waals surface area contributed by atoms with E-state index in [2.05, 4.69) is 10.6 Å². The minimum atomic E-state index is -0.830. The quantitative estimate of drug-likeness (QED) is 0.820. The van der Waals surface area contributed by atoms with Crippen LogP contribution in [0.4, 0.5) is 10.1 Å². The van der Waals surface area contributed by atoms with E-state index in [4.69, 9.17) is 0 Å². The molecular formula is C14H17FN2O2. The second-order valence-electron chi connectivity index (χ2n) is 4.94. The van der Waals surface area contributed by atoms with Crippen LogP contribution in [0.2, 0.25) is 0 Å². The Kier molecular flexibility index (Phi) is 4.14. The minimum absolute atomic E-state index is 0.0313. The Morgan fingerprint density at radius 3 is 2.68 bits per heavy atom. The maximum absolute atomic E-state index is 13.4. The van der Waals surface area contributed by atoms with Crippen LogP contribution in [-0.2, 0) is 9.59 Å². The van der Waals surface area contributed by atoms with Crippen molar-refractivity contribution < 1.29 is 14.0 Å². The average Bonchev–Trinajstić information content (AvgIpc) is 2.31. The summed E-state index contributed by atoms with van der Waals surface area (Å²) in [7, 11) is 0. The van der Waals surface area contributed by atoms with Crippen molar-refractivity contribution >= 4 is 17.5 Å². The molecule has 0 aromatic heterocycles. The molecule has 2 rings (SSSR count). The number of hydrogen-bond donors (Lipinski definition) is 2. The Morgan fingerprint density at radius 1 is 1.32 bits per heavy atom. The van der Waals surface area contributed by atoms with Crippen molar-refractivity contribution in [1.29, 1.82) is 0 Å². The molecule has 0 bridgehead atoms. The maximum atomic E-state index is 13.4. The van der Waals surface area contributed by atoms with Crippen LogP contribution in [0.15, 0.2) is 18.2 Å². The summed E-state index contributed by atoms with van der Waals surface area (Å²) >= 11 is 0. The maximum Gasteiger partial charge on any atom is 0.313 e. The van der Waals surface area contributed by atoms with Crippen LogP contribution < -0.4 is 10.6 Å². The van der Waals surface area contributed by atoms with Crippen LogP contribution in [0.3, 0.4) is 0 Å². The van der Waals surface area contributed by atoms with Gasteiger partial charge in [0.1, 0.15) is 5.82 Å². The van der Waals surface area contributed by atoms with Gasteiger partial charge in [0.05, 0.1) is 5.69 Å². The molecule has 2 N–H and O–H groups in total. The number of halogens is 1. The fourth-order valence-electron chi connectivity index (χ4n) is 1.93. The van der Waals surface area contributed by atoms with E-state index >= 15 is 0 Å². The van der Waals surface area contributed by atoms with E-state index < -0.39 is 17.6 Å². The third-order valence-corrected chi connectivity index (χ3v) is 3.35. The topological polar surface area (TPSA) is 58.2 Å². The summed E-state index contributed by atoms with van der Waals surface area (Å²) in [5, 5.41) is 4.85.